The summed E-state index contributed by atoms with van der Waals surface area (Å²) in [5.74, 6) is -0.555. The van der Waals surface area contributed by atoms with Crippen molar-refractivity contribution in [3.8, 4) is 0 Å². The summed E-state index contributed by atoms with van der Waals surface area (Å²) < 4.78 is 13.3. The summed E-state index contributed by atoms with van der Waals surface area (Å²) in [6.45, 7) is 0.355. The molecule has 0 saturated carbocycles. The van der Waals surface area contributed by atoms with Crippen LogP contribution in [0.1, 0.15) is 15.4 Å². The zero-order valence-corrected chi connectivity index (χ0v) is 11.1. The topological polar surface area (TPSA) is 66.9 Å². The van der Waals surface area contributed by atoms with Crippen LogP contribution >= 0.6 is 11.3 Å². The van der Waals surface area contributed by atoms with Crippen molar-refractivity contribution in [1.82, 2.24) is 15.5 Å². The number of hydrogen-bond acceptors (Lipinski definition) is 5. The first-order chi connectivity index (χ1) is 9.20. The lowest BCUT2D eigenvalue weighted by atomic mass is 10.1. The van der Waals surface area contributed by atoms with E-state index in [1.54, 1.807) is 25.2 Å². The molecule has 100 valence electrons. The number of benzene rings is 1. The Morgan fingerprint density at radius 3 is 2.84 bits per heavy atom. The van der Waals surface area contributed by atoms with Gasteiger partial charge in [0.1, 0.15) is 5.82 Å². The normalized spacial score (nSPS) is 10.2. The molecule has 5 nitrogen and oxygen atoms in total. The van der Waals surface area contributed by atoms with Gasteiger partial charge in [0.15, 0.2) is 0 Å². The van der Waals surface area contributed by atoms with E-state index in [1.807, 2.05) is 0 Å². The largest absolute Gasteiger partial charge is 0.363 e. The van der Waals surface area contributed by atoms with Crippen LogP contribution in [0.15, 0.2) is 24.3 Å². The molecule has 7 heteroatoms. The summed E-state index contributed by atoms with van der Waals surface area (Å²) in [6.07, 6.45) is 0.441. The monoisotopic (exact) mass is 280 g/mol. The molecule has 0 spiro atoms. The minimum absolute atomic E-state index is 0.259. The molecule has 0 aliphatic carbocycles. The lowest BCUT2D eigenvalue weighted by molar-refractivity contribution is 0.0953. The van der Waals surface area contributed by atoms with E-state index < -0.39 is 0 Å². The molecule has 0 aliphatic rings. The number of anilines is 1. The van der Waals surface area contributed by atoms with Crippen LogP contribution in [-0.4, -0.2) is 29.7 Å². The van der Waals surface area contributed by atoms with Crippen LogP contribution in [-0.2, 0) is 6.42 Å². The first kappa shape index (κ1) is 13.4. The summed E-state index contributed by atoms with van der Waals surface area (Å²) in [6, 6.07) is 6.51. The standard InChI is InChI=1S/C12H13FN4OS/c1-14-12-17-16-11(19-12)10(18)15-7-6-8-4-2-3-5-9(8)13/h2-5H,6-7H2,1H3,(H,14,17)(H,15,18). The molecule has 2 rings (SSSR count). The van der Waals surface area contributed by atoms with Crippen LogP contribution in [0.5, 0.6) is 0 Å². The highest BCUT2D eigenvalue weighted by Gasteiger charge is 2.11. The number of carbonyl (C=O) groups is 1. The SMILES string of the molecule is CNc1nnc(C(=O)NCCc2ccccc2F)s1. The molecule has 0 bridgehead atoms. The first-order valence-electron chi connectivity index (χ1n) is 5.73. The third kappa shape index (κ3) is 3.47. The second kappa shape index (κ2) is 6.24. The van der Waals surface area contributed by atoms with Crippen molar-refractivity contribution in [2.75, 3.05) is 18.9 Å². The summed E-state index contributed by atoms with van der Waals surface area (Å²) in [7, 11) is 1.71. The van der Waals surface area contributed by atoms with Gasteiger partial charge in [-0.2, -0.15) is 0 Å². The van der Waals surface area contributed by atoms with Crippen LogP contribution in [0, 0.1) is 5.82 Å². The zero-order valence-electron chi connectivity index (χ0n) is 10.3. The number of amides is 1. The van der Waals surface area contributed by atoms with E-state index >= 15 is 0 Å². The Kier molecular flexibility index (Phi) is 4.40. The van der Waals surface area contributed by atoms with Crippen LogP contribution in [0.3, 0.4) is 0 Å². The summed E-state index contributed by atoms with van der Waals surface area (Å²) in [5.41, 5.74) is 0.580. The van der Waals surface area contributed by atoms with Crippen LogP contribution in [0.4, 0.5) is 9.52 Å². The maximum absolute atomic E-state index is 13.3. The molecule has 0 saturated heterocycles. The summed E-state index contributed by atoms with van der Waals surface area (Å²) in [4.78, 5) is 11.7. The Morgan fingerprint density at radius 2 is 2.16 bits per heavy atom. The molecule has 1 aromatic carbocycles. The van der Waals surface area contributed by atoms with E-state index in [9.17, 15) is 9.18 Å². The summed E-state index contributed by atoms with van der Waals surface area (Å²) >= 11 is 1.17. The van der Waals surface area contributed by atoms with Crippen molar-refractivity contribution >= 4 is 22.4 Å². The van der Waals surface area contributed by atoms with Crippen molar-refractivity contribution in [2.24, 2.45) is 0 Å². The fourth-order valence-electron chi connectivity index (χ4n) is 1.50. The number of nitrogens with zero attached hydrogens (tertiary/aromatic N) is 2. The maximum atomic E-state index is 13.3. The highest BCUT2D eigenvalue weighted by Crippen LogP contribution is 2.13. The molecule has 0 fully saturated rings. The second-order valence-electron chi connectivity index (χ2n) is 3.76. The molecular weight excluding hydrogens is 267 g/mol. The predicted molar refractivity (Wildman–Crippen MR) is 71.9 cm³/mol. The number of nitrogens with one attached hydrogen (secondary N) is 2. The van der Waals surface area contributed by atoms with Gasteiger partial charge in [0, 0.05) is 13.6 Å². The minimum atomic E-state index is -0.296. The molecule has 0 aliphatic heterocycles. The van der Waals surface area contributed by atoms with Gasteiger partial charge in [0.25, 0.3) is 5.91 Å². The van der Waals surface area contributed by atoms with Gasteiger partial charge in [0.05, 0.1) is 0 Å². The van der Waals surface area contributed by atoms with Gasteiger partial charge >= 0.3 is 0 Å². The smallest absolute Gasteiger partial charge is 0.282 e. The highest BCUT2D eigenvalue weighted by atomic mass is 32.1. The molecule has 1 heterocycles. The number of carbonyl (C=O) groups excluding carboxylic acids is 1. The zero-order chi connectivity index (χ0) is 13.7. The average molecular weight is 280 g/mol. The number of halogens is 1. The van der Waals surface area contributed by atoms with Gasteiger partial charge in [-0.15, -0.1) is 10.2 Å². The fourth-order valence-corrected chi connectivity index (χ4v) is 2.12. The molecule has 0 unspecified atom stereocenters. The van der Waals surface area contributed by atoms with Gasteiger partial charge in [-0.1, -0.05) is 29.5 Å². The lowest BCUT2D eigenvalue weighted by Crippen LogP contribution is -2.25. The Bertz CT molecular complexity index is 572. The van der Waals surface area contributed by atoms with Gasteiger partial charge in [0.2, 0.25) is 10.1 Å². The molecule has 0 atom stereocenters. The third-order valence-corrected chi connectivity index (χ3v) is 3.41. The quantitative estimate of drug-likeness (QED) is 0.874. The first-order valence-corrected chi connectivity index (χ1v) is 6.55. The van der Waals surface area contributed by atoms with Crippen LogP contribution in [0.25, 0.3) is 0 Å². The average Bonchev–Trinajstić information content (AvgIpc) is 2.90. The van der Waals surface area contributed by atoms with E-state index in [4.69, 9.17) is 0 Å². The van der Waals surface area contributed by atoms with E-state index in [0.29, 0.717) is 23.7 Å². The number of hydrogen-bond donors (Lipinski definition) is 2. The van der Waals surface area contributed by atoms with Crippen molar-refractivity contribution in [1.29, 1.82) is 0 Å². The van der Waals surface area contributed by atoms with Crippen LogP contribution < -0.4 is 10.6 Å². The second-order valence-corrected chi connectivity index (χ2v) is 4.74. The molecule has 2 aromatic rings. The van der Waals surface area contributed by atoms with E-state index in [0.717, 1.165) is 0 Å². The Hall–Kier alpha value is -2.02. The van der Waals surface area contributed by atoms with Crippen molar-refractivity contribution < 1.29 is 9.18 Å². The maximum Gasteiger partial charge on any atom is 0.282 e. The third-order valence-electron chi connectivity index (χ3n) is 2.47. The molecule has 1 aromatic heterocycles. The number of rotatable bonds is 5. The molecule has 19 heavy (non-hydrogen) atoms. The predicted octanol–water partition coefficient (Wildman–Crippen LogP) is 1.69. The van der Waals surface area contributed by atoms with Crippen molar-refractivity contribution in [3.05, 3.63) is 40.7 Å². The van der Waals surface area contributed by atoms with Crippen LogP contribution in [0.2, 0.25) is 0 Å². The van der Waals surface area contributed by atoms with Gasteiger partial charge in [-0.3, -0.25) is 4.79 Å². The molecule has 2 N–H and O–H groups in total. The Labute approximate surface area is 113 Å². The summed E-state index contributed by atoms with van der Waals surface area (Å²) in [5, 5.41) is 13.9. The van der Waals surface area contributed by atoms with Crippen molar-refractivity contribution in [3.63, 3.8) is 0 Å². The number of aromatic nitrogens is 2. The Balaban J connectivity index is 1.86. The lowest BCUT2D eigenvalue weighted by Gasteiger charge is -2.04. The molecule has 1 amide bonds. The molecule has 0 radical (unpaired) electrons. The minimum Gasteiger partial charge on any atom is -0.363 e. The van der Waals surface area contributed by atoms with Gasteiger partial charge < -0.3 is 10.6 Å². The van der Waals surface area contributed by atoms with Crippen molar-refractivity contribution in [2.45, 2.75) is 6.42 Å². The van der Waals surface area contributed by atoms with E-state index in [2.05, 4.69) is 20.8 Å². The Morgan fingerprint density at radius 1 is 1.37 bits per heavy atom. The van der Waals surface area contributed by atoms with E-state index in [1.165, 1.54) is 17.4 Å². The molecular formula is C12H13FN4OS. The van der Waals surface area contributed by atoms with E-state index in [-0.39, 0.29) is 16.7 Å². The van der Waals surface area contributed by atoms with Gasteiger partial charge in [-0.05, 0) is 18.1 Å². The fraction of sp³-hybridized carbons (Fsp3) is 0.250. The van der Waals surface area contributed by atoms with Gasteiger partial charge in [-0.25, -0.2) is 4.39 Å². The highest BCUT2D eigenvalue weighted by molar-refractivity contribution is 7.17.